The molecule has 3 aromatic rings. The second kappa shape index (κ2) is 9.80. The molecule has 9 heteroatoms. The molecule has 3 aromatic carbocycles. The van der Waals surface area contributed by atoms with Gasteiger partial charge in [0.2, 0.25) is 5.91 Å². The first-order valence-electron chi connectivity index (χ1n) is 10.5. The highest BCUT2D eigenvalue weighted by Crippen LogP contribution is 2.45. The molecule has 1 heterocycles. The predicted octanol–water partition coefficient (Wildman–Crippen LogP) is 6.14. The third kappa shape index (κ3) is 5.04. The number of para-hydroxylation sites is 2. The van der Waals surface area contributed by atoms with Crippen molar-refractivity contribution in [2.45, 2.75) is 18.5 Å². The average molecular weight is 487 g/mol. The number of benzene rings is 3. The van der Waals surface area contributed by atoms with E-state index in [1.165, 1.54) is 11.8 Å². The van der Waals surface area contributed by atoms with Crippen molar-refractivity contribution in [3.63, 3.8) is 0 Å². The molecule has 0 bridgehead atoms. The van der Waals surface area contributed by atoms with Crippen LogP contribution in [-0.4, -0.2) is 24.2 Å². The van der Waals surface area contributed by atoms with Crippen LogP contribution in [0.3, 0.4) is 0 Å². The van der Waals surface area contributed by atoms with Crippen molar-refractivity contribution in [2.75, 3.05) is 22.6 Å². The van der Waals surface area contributed by atoms with Gasteiger partial charge in [0.15, 0.2) is 0 Å². The number of thioether (sulfide) groups is 1. The Morgan fingerprint density at radius 1 is 1.09 bits per heavy atom. The van der Waals surface area contributed by atoms with Crippen LogP contribution in [0.2, 0.25) is 0 Å². The maximum absolute atomic E-state index is 12.8. The topological polar surface area (TPSA) is 58.6 Å². The van der Waals surface area contributed by atoms with Gasteiger partial charge in [0.05, 0.1) is 23.6 Å². The number of alkyl halides is 3. The van der Waals surface area contributed by atoms with Crippen molar-refractivity contribution < 1.29 is 27.5 Å². The van der Waals surface area contributed by atoms with E-state index in [0.29, 0.717) is 29.5 Å². The SMILES string of the molecule is CCOc1ccccc1N1C(=O)CS[C@@H]1c1cccc(NC(=O)c2ccc(C(F)(F)F)cc2)c1. The van der Waals surface area contributed by atoms with Gasteiger partial charge in [-0.2, -0.15) is 13.2 Å². The molecule has 4 rings (SSSR count). The molecule has 1 atom stereocenters. The first-order valence-corrected chi connectivity index (χ1v) is 11.6. The van der Waals surface area contributed by atoms with Gasteiger partial charge in [-0.3, -0.25) is 14.5 Å². The second-order valence-corrected chi connectivity index (χ2v) is 8.55. The van der Waals surface area contributed by atoms with Crippen LogP contribution in [0, 0.1) is 0 Å². The number of hydrogen-bond acceptors (Lipinski definition) is 4. The number of nitrogens with one attached hydrogen (secondary N) is 1. The lowest BCUT2D eigenvalue weighted by atomic mass is 10.1. The van der Waals surface area contributed by atoms with Crippen LogP contribution in [0.4, 0.5) is 24.5 Å². The van der Waals surface area contributed by atoms with Gasteiger partial charge in [0.1, 0.15) is 11.1 Å². The van der Waals surface area contributed by atoms with Gasteiger partial charge in [-0.05, 0) is 61.0 Å². The normalized spacial score (nSPS) is 15.9. The molecule has 2 amide bonds. The molecule has 1 fully saturated rings. The van der Waals surface area contributed by atoms with Gasteiger partial charge in [-0.15, -0.1) is 11.8 Å². The first-order chi connectivity index (χ1) is 16.3. The van der Waals surface area contributed by atoms with Crippen molar-refractivity contribution in [1.29, 1.82) is 0 Å². The minimum absolute atomic E-state index is 0.0543. The van der Waals surface area contributed by atoms with E-state index in [0.717, 1.165) is 29.8 Å². The molecule has 0 unspecified atom stereocenters. The summed E-state index contributed by atoms with van der Waals surface area (Å²) < 4.78 is 44.0. The van der Waals surface area contributed by atoms with Crippen molar-refractivity contribution in [3.05, 3.63) is 89.5 Å². The Hall–Kier alpha value is -3.46. The molecule has 176 valence electrons. The van der Waals surface area contributed by atoms with Crippen LogP contribution >= 0.6 is 11.8 Å². The number of carbonyl (C=O) groups excluding carboxylic acids is 2. The third-order valence-corrected chi connectivity index (χ3v) is 6.41. The summed E-state index contributed by atoms with van der Waals surface area (Å²) in [7, 11) is 0. The van der Waals surface area contributed by atoms with Crippen LogP contribution in [0.15, 0.2) is 72.8 Å². The molecule has 5 nitrogen and oxygen atoms in total. The molecule has 1 aliphatic rings. The number of carbonyl (C=O) groups is 2. The second-order valence-electron chi connectivity index (χ2n) is 7.48. The lowest BCUT2D eigenvalue weighted by Gasteiger charge is -2.26. The van der Waals surface area contributed by atoms with E-state index >= 15 is 0 Å². The standard InChI is InChI=1S/C25H21F3N2O3S/c1-2-33-21-9-4-3-8-20(21)30-22(31)15-34-24(30)17-6-5-7-19(14-17)29-23(32)16-10-12-18(13-11-16)25(26,27)28/h3-14,24H,2,15H2,1H3,(H,29,32)/t24-/m1/s1. The van der Waals surface area contributed by atoms with E-state index in [4.69, 9.17) is 4.74 Å². The molecule has 0 radical (unpaired) electrons. The monoisotopic (exact) mass is 486 g/mol. The Bertz CT molecular complexity index is 1200. The minimum atomic E-state index is -4.47. The highest BCUT2D eigenvalue weighted by atomic mass is 32.2. The lowest BCUT2D eigenvalue weighted by molar-refractivity contribution is -0.137. The van der Waals surface area contributed by atoms with Crippen molar-refractivity contribution in [1.82, 2.24) is 0 Å². The van der Waals surface area contributed by atoms with E-state index in [1.54, 1.807) is 23.1 Å². The predicted molar refractivity (Wildman–Crippen MR) is 126 cm³/mol. The van der Waals surface area contributed by atoms with Gasteiger partial charge >= 0.3 is 6.18 Å². The smallest absolute Gasteiger partial charge is 0.416 e. The van der Waals surface area contributed by atoms with Gasteiger partial charge < -0.3 is 10.1 Å². The van der Waals surface area contributed by atoms with Crippen LogP contribution < -0.4 is 15.0 Å². The Labute approximate surface area is 198 Å². The fraction of sp³-hybridized carbons (Fsp3) is 0.200. The maximum Gasteiger partial charge on any atom is 0.416 e. The number of rotatable bonds is 6. The summed E-state index contributed by atoms with van der Waals surface area (Å²) in [6.45, 7) is 2.33. The Kier molecular flexibility index (Phi) is 6.83. The summed E-state index contributed by atoms with van der Waals surface area (Å²) in [4.78, 5) is 27.0. The Morgan fingerprint density at radius 2 is 1.82 bits per heavy atom. The average Bonchev–Trinajstić information content (AvgIpc) is 3.20. The zero-order valence-electron chi connectivity index (χ0n) is 18.1. The van der Waals surface area contributed by atoms with Gasteiger partial charge in [0, 0.05) is 11.3 Å². The number of anilines is 2. The summed E-state index contributed by atoms with van der Waals surface area (Å²) in [6, 6.07) is 18.4. The van der Waals surface area contributed by atoms with E-state index in [2.05, 4.69) is 5.32 Å². The zero-order chi connectivity index (χ0) is 24.3. The summed E-state index contributed by atoms with van der Waals surface area (Å²) in [5, 5.41) is 2.40. The summed E-state index contributed by atoms with van der Waals surface area (Å²) in [5.74, 6) is 0.325. The summed E-state index contributed by atoms with van der Waals surface area (Å²) in [5.41, 5.74) is 1.23. The first kappa shape index (κ1) is 23.7. The molecule has 0 spiro atoms. The number of amides is 2. The van der Waals surface area contributed by atoms with Crippen molar-refractivity contribution in [3.8, 4) is 5.75 Å². The Balaban J connectivity index is 1.56. The van der Waals surface area contributed by atoms with Gasteiger partial charge in [-0.1, -0.05) is 24.3 Å². The summed E-state index contributed by atoms with van der Waals surface area (Å²) >= 11 is 1.46. The minimum Gasteiger partial charge on any atom is -0.492 e. The molecule has 0 aromatic heterocycles. The number of ether oxygens (including phenoxy) is 1. The highest BCUT2D eigenvalue weighted by Gasteiger charge is 2.36. The largest absolute Gasteiger partial charge is 0.492 e. The molecule has 1 aliphatic heterocycles. The fourth-order valence-corrected chi connectivity index (χ4v) is 4.81. The lowest BCUT2D eigenvalue weighted by Crippen LogP contribution is -2.28. The molecular weight excluding hydrogens is 465 g/mol. The van der Waals surface area contributed by atoms with E-state index in [1.807, 2.05) is 37.3 Å². The summed E-state index contributed by atoms with van der Waals surface area (Å²) in [6.07, 6.45) is -4.47. The van der Waals surface area contributed by atoms with Crippen molar-refractivity contribution >= 4 is 35.0 Å². The third-order valence-electron chi connectivity index (χ3n) is 5.20. The van der Waals surface area contributed by atoms with Crippen molar-refractivity contribution in [2.24, 2.45) is 0 Å². The van der Waals surface area contributed by atoms with Crippen LogP contribution in [0.25, 0.3) is 0 Å². The molecular formula is C25H21F3N2O3S. The molecule has 0 aliphatic carbocycles. The number of hydrogen-bond donors (Lipinski definition) is 1. The number of halogens is 3. The van der Waals surface area contributed by atoms with Crippen LogP contribution in [-0.2, 0) is 11.0 Å². The van der Waals surface area contributed by atoms with E-state index < -0.39 is 17.6 Å². The zero-order valence-corrected chi connectivity index (χ0v) is 19.0. The van der Waals surface area contributed by atoms with Crippen LogP contribution in [0.1, 0.15) is 33.8 Å². The van der Waals surface area contributed by atoms with Gasteiger partial charge in [-0.25, -0.2) is 0 Å². The Morgan fingerprint density at radius 3 is 2.53 bits per heavy atom. The van der Waals surface area contributed by atoms with E-state index in [-0.39, 0.29) is 16.8 Å². The maximum atomic E-state index is 12.8. The van der Waals surface area contributed by atoms with Gasteiger partial charge in [0.25, 0.3) is 5.91 Å². The highest BCUT2D eigenvalue weighted by molar-refractivity contribution is 8.00. The molecule has 1 N–H and O–H groups in total. The fourth-order valence-electron chi connectivity index (χ4n) is 3.65. The molecule has 34 heavy (non-hydrogen) atoms. The number of nitrogens with zero attached hydrogens (tertiary/aromatic N) is 1. The quantitative estimate of drug-likeness (QED) is 0.455. The molecule has 0 saturated carbocycles. The molecule has 1 saturated heterocycles. The van der Waals surface area contributed by atoms with E-state index in [9.17, 15) is 22.8 Å². The van der Waals surface area contributed by atoms with Crippen LogP contribution in [0.5, 0.6) is 5.75 Å².